The van der Waals surface area contributed by atoms with Crippen LogP contribution in [0.3, 0.4) is 0 Å². The first-order valence-corrected chi connectivity index (χ1v) is 11.3. The van der Waals surface area contributed by atoms with Crippen molar-refractivity contribution in [1.29, 1.82) is 0 Å². The molecule has 0 spiro atoms. The van der Waals surface area contributed by atoms with Gasteiger partial charge in [0.1, 0.15) is 17.3 Å². The van der Waals surface area contributed by atoms with Gasteiger partial charge in [-0.25, -0.2) is 19.3 Å². The molecule has 0 aliphatic carbocycles. The molecule has 1 aromatic carbocycles. The summed E-state index contributed by atoms with van der Waals surface area (Å²) < 4.78 is 13.4. The Hall–Kier alpha value is -3.52. The van der Waals surface area contributed by atoms with Crippen LogP contribution in [0.25, 0.3) is 22.4 Å². The zero-order chi connectivity index (χ0) is 22.9. The molecule has 170 valence electrons. The van der Waals surface area contributed by atoms with Gasteiger partial charge in [0, 0.05) is 55.4 Å². The van der Waals surface area contributed by atoms with Gasteiger partial charge >= 0.3 is 0 Å². The zero-order valence-electron chi connectivity index (χ0n) is 19.1. The van der Waals surface area contributed by atoms with Crippen molar-refractivity contribution in [3.05, 3.63) is 60.3 Å². The Morgan fingerprint density at radius 1 is 1.15 bits per heavy atom. The fourth-order valence-corrected chi connectivity index (χ4v) is 4.35. The lowest BCUT2D eigenvalue weighted by Gasteiger charge is -2.35. The van der Waals surface area contributed by atoms with E-state index in [1.807, 2.05) is 18.5 Å². The summed E-state index contributed by atoms with van der Waals surface area (Å²) in [7, 11) is 0. The Balaban J connectivity index is 1.58. The second-order valence-electron chi connectivity index (χ2n) is 8.79. The van der Waals surface area contributed by atoms with Crippen molar-refractivity contribution < 1.29 is 4.39 Å². The summed E-state index contributed by atoms with van der Waals surface area (Å²) in [6, 6.07) is 8.61. The van der Waals surface area contributed by atoms with E-state index in [-0.39, 0.29) is 11.7 Å². The molecule has 4 heterocycles. The number of piperazine rings is 1. The van der Waals surface area contributed by atoms with E-state index in [1.165, 1.54) is 12.1 Å². The van der Waals surface area contributed by atoms with Gasteiger partial charge in [-0.3, -0.25) is 0 Å². The number of hydrogen-bond acceptors (Lipinski definition) is 6. The summed E-state index contributed by atoms with van der Waals surface area (Å²) in [6.07, 6.45) is 5.69. The van der Waals surface area contributed by atoms with Gasteiger partial charge in [0.25, 0.3) is 0 Å². The minimum Gasteiger partial charge on any atom is -0.364 e. The van der Waals surface area contributed by atoms with E-state index in [4.69, 9.17) is 4.98 Å². The number of halogens is 1. The van der Waals surface area contributed by atoms with E-state index < -0.39 is 0 Å². The highest BCUT2D eigenvalue weighted by atomic mass is 19.1. The van der Waals surface area contributed by atoms with Gasteiger partial charge in [-0.15, -0.1) is 0 Å². The molecule has 5 rings (SSSR count). The monoisotopic (exact) mass is 445 g/mol. The van der Waals surface area contributed by atoms with Crippen LogP contribution in [0, 0.1) is 5.82 Å². The number of anilines is 3. The fourth-order valence-electron chi connectivity index (χ4n) is 4.35. The van der Waals surface area contributed by atoms with Crippen molar-refractivity contribution in [2.45, 2.75) is 32.7 Å². The third kappa shape index (κ3) is 4.14. The summed E-state index contributed by atoms with van der Waals surface area (Å²) in [4.78, 5) is 19.7. The molecule has 4 aromatic rings. The summed E-state index contributed by atoms with van der Waals surface area (Å²) in [6.45, 7) is 9.29. The number of aromatic amines is 1. The molecule has 1 aliphatic heterocycles. The van der Waals surface area contributed by atoms with Crippen LogP contribution in [0.4, 0.5) is 21.6 Å². The van der Waals surface area contributed by atoms with E-state index >= 15 is 0 Å². The first kappa shape index (κ1) is 21.3. The molecule has 3 aromatic heterocycles. The summed E-state index contributed by atoms with van der Waals surface area (Å²) in [5.74, 6) is 1.24. The van der Waals surface area contributed by atoms with Crippen LogP contribution in [0.1, 0.15) is 32.3 Å². The van der Waals surface area contributed by atoms with Gasteiger partial charge in [0.05, 0.1) is 16.8 Å². The molecule has 1 saturated heterocycles. The number of nitrogens with one attached hydrogen (secondary N) is 3. The standard InChI is InChI=1S/C25H28FN7/c1-15(2)19-13-29-23(17-4-6-18(26)7-5-17)32-24(19)31-20-8-9-28-25-22(20)21(14-30-25)33-11-10-27-12-16(33)3/h4-9,13-16,27H,10-12H2,1-3H3,(H2,28,29,30,31,32)/t16-/m1/s1. The summed E-state index contributed by atoms with van der Waals surface area (Å²) in [5.41, 5.74) is 4.69. The van der Waals surface area contributed by atoms with Crippen molar-refractivity contribution in [3.8, 4) is 11.4 Å². The van der Waals surface area contributed by atoms with Crippen LogP contribution < -0.4 is 15.5 Å². The van der Waals surface area contributed by atoms with E-state index in [2.05, 4.69) is 51.3 Å². The maximum atomic E-state index is 13.4. The fraction of sp³-hybridized carbons (Fsp3) is 0.320. The maximum absolute atomic E-state index is 13.4. The van der Waals surface area contributed by atoms with E-state index in [9.17, 15) is 4.39 Å². The van der Waals surface area contributed by atoms with Gasteiger partial charge in [-0.1, -0.05) is 13.8 Å². The number of nitrogens with zero attached hydrogens (tertiary/aromatic N) is 4. The number of rotatable bonds is 5. The number of aromatic nitrogens is 4. The van der Waals surface area contributed by atoms with Gasteiger partial charge in [0.15, 0.2) is 5.82 Å². The molecule has 3 N–H and O–H groups in total. The summed E-state index contributed by atoms with van der Waals surface area (Å²) in [5, 5.41) is 8.07. The van der Waals surface area contributed by atoms with Crippen LogP contribution in [-0.4, -0.2) is 45.6 Å². The van der Waals surface area contributed by atoms with E-state index in [1.54, 1.807) is 18.3 Å². The molecule has 0 amide bonds. The Labute approximate surface area is 192 Å². The molecule has 33 heavy (non-hydrogen) atoms. The van der Waals surface area contributed by atoms with Crippen molar-refractivity contribution in [3.63, 3.8) is 0 Å². The molecule has 0 unspecified atom stereocenters. The number of hydrogen-bond donors (Lipinski definition) is 3. The first-order valence-electron chi connectivity index (χ1n) is 11.3. The molecule has 7 nitrogen and oxygen atoms in total. The molecule has 0 radical (unpaired) electrons. The Morgan fingerprint density at radius 2 is 1.97 bits per heavy atom. The number of H-pyrrole nitrogens is 1. The highest BCUT2D eigenvalue weighted by Crippen LogP contribution is 2.36. The van der Waals surface area contributed by atoms with Crippen molar-refractivity contribution in [1.82, 2.24) is 25.3 Å². The van der Waals surface area contributed by atoms with Crippen molar-refractivity contribution in [2.75, 3.05) is 29.9 Å². The summed E-state index contributed by atoms with van der Waals surface area (Å²) >= 11 is 0. The lowest BCUT2D eigenvalue weighted by Crippen LogP contribution is -2.49. The molecule has 8 heteroatoms. The molecule has 0 saturated carbocycles. The lowest BCUT2D eigenvalue weighted by molar-refractivity contribution is 0.502. The van der Waals surface area contributed by atoms with Gasteiger partial charge in [-0.2, -0.15) is 0 Å². The molecule has 1 atom stereocenters. The van der Waals surface area contributed by atoms with Crippen LogP contribution in [0.2, 0.25) is 0 Å². The molecule has 1 aliphatic rings. The average Bonchev–Trinajstić information content (AvgIpc) is 3.25. The Kier molecular flexibility index (Phi) is 5.68. The maximum Gasteiger partial charge on any atom is 0.161 e. The Bertz CT molecular complexity index is 1270. The lowest BCUT2D eigenvalue weighted by atomic mass is 10.1. The predicted octanol–water partition coefficient (Wildman–Crippen LogP) is 4.82. The van der Waals surface area contributed by atoms with E-state index in [0.717, 1.165) is 59.0 Å². The molecule has 1 fully saturated rings. The predicted molar refractivity (Wildman–Crippen MR) is 131 cm³/mol. The van der Waals surface area contributed by atoms with Gasteiger partial charge < -0.3 is 20.5 Å². The third-order valence-corrected chi connectivity index (χ3v) is 6.16. The minimum absolute atomic E-state index is 0.228. The SMILES string of the molecule is CC(C)c1cnc(-c2ccc(F)cc2)nc1Nc1ccnc2[nH]cc(N3CCNC[C@H]3C)c12. The Morgan fingerprint density at radius 3 is 2.73 bits per heavy atom. The van der Waals surface area contributed by atoms with Crippen LogP contribution in [-0.2, 0) is 0 Å². The highest BCUT2D eigenvalue weighted by Gasteiger charge is 2.23. The normalized spacial score (nSPS) is 16.5. The topological polar surface area (TPSA) is 81.8 Å². The molecular formula is C25H28FN7. The van der Waals surface area contributed by atoms with Crippen LogP contribution in [0.5, 0.6) is 0 Å². The quantitative estimate of drug-likeness (QED) is 0.408. The van der Waals surface area contributed by atoms with E-state index in [0.29, 0.717) is 11.9 Å². The van der Waals surface area contributed by atoms with Crippen molar-refractivity contribution in [2.24, 2.45) is 0 Å². The number of benzene rings is 1. The largest absolute Gasteiger partial charge is 0.364 e. The van der Waals surface area contributed by atoms with Crippen LogP contribution >= 0.6 is 0 Å². The highest BCUT2D eigenvalue weighted by molar-refractivity contribution is 6.01. The number of pyridine rings is 1. The minimum atomic E-state index is -0.280. The first-order chi connectivity index (χ1) is 16.0. The molecular weight excluding hydrogens is 417 g/mol. The van der Waals surface area contributed by atoms with Gasteiger partial charge in [0.2, 0.25) is 0 Å². The van der Waals surface area contributed by atoms with Crippen molar-refractivity contribution >= 4 is 28.2 Å². The smallest absolute Gasteiger partial charge is 0.161 e. The zero-order valence-corrected chi connectivity index (χ0v) is 19.1. The second-order valence-corrected chi connectivity index (χ2v) is 8.79. The number of fused-ring (bicyclic) bond motifs is 1. The molecule has 0 bridgehead atoms. The third-order valence-electron chi connectivity index (χ3n) is 6.16. The van der Waals surface area contributed by atoms with Gasteiger partial charge in [-0.05, 0) is 43.2 Å². The average molecular weight is 446 g/mol. The van der Waals surface area contributed by atoms with Crippen LogP contribution in [0.15, 0.2) is 48.9 Å². The second kappa shape index (κ2) is 8.78.